The van der Waals surface area contributed by atoms with Crippen LogP contribution in [0, 0.1) is 5.92 Å². The first-order chi connectivity index (χ1) is 20.4. The third kappa shape index (κ3) is 8.00. The zero-order valence-corrected chi connectivity index (χ0v) is 24.6. The van der Waals surface area contributed by atoms with Crippen molar-refractivity contribution in [3.8, 4) is 0 Å². The van der Waals surface area contributed by atoms with Gasteiger partial charge in [-0.3, -0.25) is 4.79 Å². The number of benzene rings is 1. The van der Waals surface area contributed by atoms with E-state index in [0.717, 1.165) is 36.5 Å². The number of carboxylic acids is 1. The van der Waals surface area contributed by atoms with Gasteiger partial charge >= 0.3 is 18.1 Å². The summed E-state index contributed by atoms with van der Waals surface area (Å²) in [6, 6.07) is 14.1. The Balaban J connectivity index is 0.000000541. The van der Waals surface area contributed by atoms with Crippen LogP contribution in [0.15, 0.2) is 59.3 Å². The van der Waals surface area contributed by atoms with Crippen LogP contribution in [-0.4, -0.2) is 73.7 Å². The highest BCUT2D eigenvalue weighted by Crippen LogP contribution is 2.37. The van der Waals surface area contributed by atoms with E-state index in [1.165, 1.54) is 29.8 Å². The average Bonchev–Trinajstić information content (AvgIpc) is 3.69. The lowest BCUT2D eigenvalue weighted by atomic mass is 9.83. The Bertz CT molecular complexity index is 1420. The van der Waals surface area contributed by atoms with Gasteiger partial charge in [0, 0.05) is 30.0 Å². The molecule has 0 aliphatic carbocycles. The highest BCUT2D eigenvalue weighted by molar-refractivity contribution is 7.12. The number of esters is 2. The summed E-state index contributed by atoms with van der Waals surface area (Å²) >= 11 is 2.71. The molecule has 0 spiro atoms. The van der Waals surface area contributed by atoms with Gasteiger partial charge in [-0.1, -0.05) is 24.3 Å². The number of halogens is 3. The number of carbonyl (C=O) groups is 4. The SMILES string of the molecule is COC(=O)c1sccc1C(Nc1ccccc1)C(=O)O[C@H]1C[N+]2(CC(=O)c3cccs3)CCC1CC2.O=C([O-])C(F)(F)F. The maximum Gasteiger partial charge on any atom is 0.430 e. The fourth-order valence-electron chi connectivity index (χ4n) is 5.38. The van der Waals surface area contributed by atoms with Gasteiger partial charge in [-0.15, -0.1) is 22.7 Å². The molecule has 2 aromatic heterocycles. The number of Topliss-reactive ketones (excluding diaryl/α,β-unsaturated/α-hetero) is 1. The number of aliphatic carboxylic acids is 1. The normalized spacial score (nSPS) is 21.6. The van der Waals surface area contributed by atoms with Gasteiger partial charge in [0.2, 0.25) is 5.78 Å². The molecular weight excluding hydrogens is 609 g/mol. The Kier molecular flexibility index (Phi) is 10.2. The molecule has 0 radical (unpaired) electrons. The van der Waals surface area contributed by atoms with Crippen molar-refractivity contribution in [2.75, 3.05) is 38.6 Å². The van der Waals surface area contributed by atoms with Gasteiger partial charge in [0.1, 0.15) is 23.9 Å². The zero-order valence-electron chi connectivity index (χ0n) is 23.0. The molecule has 3 aliphatic heterocycles. The Labute approximate surface area is 253 Å². The number of rotatable bonds is 9. The first-order valence-electron chi connectivity index (χ1n) is 13.3. The number of alkyl halides is 3. The van der Waals surface area contributed by atoms with Crippen molar-refractivity contribution in [1.29, 1.82) is 0 Å². The number of carbonyl (C=O) groups excluding carboxylic acids is 4. The second-order valence-corrected chi connectivity index (χ2v) is 12.1. The predicted molar refractivity (Wildman–Crippen MR) is 151 cm³/mol. The number of piperidine rings is 3. The monoisotopic (exact) mass is 638 g/mol. The third-order valence-corrected chi connectivity index (χ3v) is 9.33. The van der Waals surface area contributed by atoms with Gasteiger partial charge in [0.25, 0.3) is 0 Å². The van der Waals surface area contributed by atoms with Gasteiger partial charge in [0.15, 0.2) is 12.1 Å². The Hall–Kier alpha value is -3.75. The van der Waals surface area contributed by atoms with Crippen LogP contribution >= 0.6 is 22.7 Å². The molecular formula is C29H29F3N2O7S2. The molecule has 6 rings (SSSR count). The van der Waals surface area contributed by atoms with E-state index in [4.69, 9.17) is 19.4 Å². The van der Waals surface area contributed by atoms with Gasteiger partial charge in [-0.25, -0.2) is 9.59 Å². The van der Waals surface area contributed by atoms with Crippen molar-refractivity contribution >= 4 is 52.1 Å². The number of nitrogens with zero attached hydrogens (tertiary/aromatic N) is 1. The largest absolute Gasteiger partial charge is 0.542 e. The van der Waals surface area contributed by atoms with Gasteiger partial charge in [0.05, 0.1) is 25.1 Å². The van der Waals surface area contributed by atoms with E-state index in [1.54, 1.807) is 11.4 Å². The minimum absolute atomic E-state index is 0.153. The standard InChI is InChI=1S/C27H29N2O5S2.C2HF3O2/c1-33-27(32)25-20(11-15-36-25)24(28-19-6-3-2-4-7-19)26(31)34-22-17-29(12-9-18(22)10-13-29)16-21(30)23-8-5-14-35-23;3-2(4,5)1(6)7/h2-8,11,14-15,18,22,24,28H,9-10,12-13,16-17H2,1H3;(H,6,7)/q+1;/p-1/t18?,22-,24?,29?;/m0./s1. The summed E-state index contributed by atoms with van der Waals surface area (Å²) in [6.45, 7) is 2.93. The first kappa shape index (κ1) is 32.2. The van der Waals surface area contributed by atoms with E-state index in [9.17, 15) is 27.6 Å². The molecule has 230 valence electrons. The smallest absolute Gasteiger partial charge is 0.430 e. The van der Waals surface area contributed by atoms with Crippen molar-refractivity contribution in [1.82, 2.24) is 0 Å². The summed E-state index contributed by atoms with van der Waals surface area (Å²) in [5.74, 6) is -3.48. The molecule has 9 nitrogen and oxygen atoms in total. The Morgan fingerprint density at radius 2 is 1.70 bits per heavy atom. The van der Waals surface area contributed by atoms with Crippen LogP contribution in [0.1, 0.15) is 43.8 Å². The van der Waals surface area contributed by atoms with E-state index in [2.05, 4.69) is 5.32 Å². The van der Waals surface area contributed by atoms with Crippen LogP contribution in [0.2, 0.25) is 0 Å². The van der Waals surface area contributed by atoms with E-state index in [0.29, 0.717) is 28.0 Å². The summed E-state index contributed by atoms with van der Waals surface area (Å²) in [6.07, 6.45) is -3.60. The molecule has 3 aromatic rings. The maximum atomic E-state index is 13.7. The van der Waals surface area contributed by atoms with Crippen LogP contribution in [-0.2, 0) is 19.1 Å². The van der Waals surface area contributed by atoms with Crippen LogP contribution in [0.25, 0.3) is 0 Å². The quantitative estimate of drug-likeness (QED) is 0.212. The molecule has 2 atom stereocenters. The number of hydrogen-bond donors (Lipinski definition) is 1. The van der Waals surface area contributed by atoms with E-state index < -0.39 is 30.1 Å². The second-order valence-electron chi connectivity index (χ2n) is 10.3. The molecule has 3 fully saturated rings. The molecule has 0 amide bonds. The number of methoxy groups -OCH3 is 1. The summed E-state index contributed by atoms with van der Waals surface area (Å²) in [5, 5.41) is 15.7. The highest BCUT2D eigenvalue weighted by atomic mass is 32.1. The number of fused-ring (bicyclic) bond motifs is 3. The van der Waals surface area contributed by atoms with Crippen LogP contribution in [0.5, 0.6) is 0 Å². The van der Waals surface area contributed by atoms with E-state index in [1.807, 2.05) is 47.8 Å². The molecule has 3 aliphatic rings. The predicted octanol–water partition coefficient (Wildman–Crippen LogP) is 4.08. The lowest BCUT2D eigenvalue weighted by Gasteiger charge is -2.51. The number of ether oxygens (including phenoxy) is 2. The second kappa shape index (κ2) is 13.7. The fraction of sp³-hybridized carbons (Fsp3) is 0.379. The molecule has 0 saturated carbocycles. The number of carboxylic acid groups (broad SMARTS) is 1. The number of para-hydroxylation sites is 1. The number of anilines is 1. The van der Waals surface area contributed by atoms with Gasteiger partial charge < -0.3 is 29.2 Å². The van der Waals surface area contributed by atoms with Gasteiger partial charge in [-0.05, 0) is 35.0 Å². The van der Waals surface area contributed by atoms with Gasteiger partial charge in [-0.2, -0.15) is 13.2 Å². The number of hydrogen-bond acceptors (Lipinski definition) is 10. The summed E-state index contributed by atoms with van der Waals surface area (Å²) in [5.41, 5.74) is 1.29. The molecule has 2 bridgehead atoms. The minimum atomic E-state index is -5.19. The van der Waals surface area contributed by atoms with Crippen LogP contribution in [0.4, 0.5) is 18.9 Å². The summed E-state index contributed by atoms with van der Waals surface area (Å²) < 4.78 is 43.3. The average molecular weight is 639 g/mol. The number of nitrogens with one attached hydrogen (secondary N) is 1. The summed E-state index contributed by atoms with van der Waals surface area (Å²) in [7, 11) is 1.33. The minimum Gasteiger partial charge on any atom is -0.542 e. The van der Waals surface area contributed by atoms with Crippen LogP contribution < -0.4 is 10.4 Å². The highest BCUT2D eigenvalue weighted by Gasteiger charge is 2.49. The Morgan fingerprint density at radius 1 is 1.02 bits per heavy atom. The molecule has 43 heavy (non-hydrogen) atoms. The van der Waals surface area contributed by atoms with Crippen LogP contribution in [0.3, 0.4) is 0 Å². The number of thiophene rings is 2. The van der Waals surface area contributed by atoms with Crippen molar-refractivity contribution in [2.24, 2.45) is 5.92 Å². The van der Waals surface area contributed by atoms with E-state index in [-0.39, 0.29) is 17.8 Å². The summed E-state index contributed by atoms with van der Waals surface area (Å²) in [4.78, 5) is 48.9. The van der Waals surface area contributed by atoms with Crippen molar-refractivity contribution in [3.63, 3.8) is 0 Å². The molecule has 14 heteroatoms. The lowest BCUT2D eigenvalue weighted by molar-refractivity contribution is -0.938. The molecule has 1 aromatic carbocycles. The zero-order chi connectivity index (χ0) is 31.2. The van der Waals surface area contributed by atoms with E-state index >= 15 is 0 Å². The number of ketones is 1. The first-order valence-corrected chi connectivity index (χ1v) is 15.1. The maximum absolute atomic E-state index is 13.7. The topological polar surface area (TPSA) is 122 Å². The van der Waals surface area contributed by atoms with Crippen molar-refractivity contribution in [3.05, 3.63) is 74.6 Å². The molecule has 3 saturated heterocycles. The molecule has 1 N–H and O–H groups in total. The molecule has 1 unspecified atom stereocenters. The third-order valence-electron chi connectivity index (χ3n) is 7.51. The molecule has 5 heterocycles. The lowest BCUT2D eigenvalue weighted by Crippen LogP contribution is -2.65. The van der Waals surface area contributed by atoms with Crippen molar-refractivity contribution in [2.45, 2.75) is 31.2 Å². The van der Waals surface area contributed by atoms with Crippen molar-refractivity contribution < 1.29 is 51.4 Å². The Morgan fingerprint density at radius 3 is 2.28 bits per heavy atom. The fourth-order valence-corrected chi connectivity index (χ4v) is 6.89. The number of quaternary nitrogens is 1.